The number of amides is 1. The minimum absolute atomic E-state index is 0.0154. The molecule has 174 valence electrons. The molecule has 0 spiro atoms. The predicted molar refractivity (Wildman–Crippen MR) is 127 cm³/mol. The number of methoxy groups -OCH3 is 1. The van der Waals surface area contributed by atoms with Crippen LogP contribution in [0.15, 0.2) is 53.1 Å². The van der Waals surface area contributed by atoms with Gasteiger partial charge in [-0.1, -0.05) is 28.9 Å². The Morgan fingerprint density at radius 2 is 2.00 bits per heavy atom. The lowest BCUT2D eigenvalue weighted by molar-refractivity contribution is -0.126. The highest BCUT2D eigenvalue weighted by molar-refractivity contribution is 6.30. The first kappa shape index (κ1) is 23.3. The van der Waals surface area contributed by atoms with Gasteiger partial charge in [-0.2, -0.15) is 4.98 Å². The number of hydrogen-bond donors (Lipinski definition) is 1. The largest absolute Gasteiger partial charge is 0.497 e. The third kappa shape index (κ3) is 6.55. The van der Waals surface area contributed by atoms with Gasteiger partial charge in [-0.15, -0.1) is 0 Å². The molecule has 4 rings (SSSR count). The molecule has 0 bridgehead atoms. The van der Waals surface area contributed by atoms with E-state index in [4.69, 9.17) is 20.9 Å². The molecular formula is C25H29ClN4O3. The Kier molecular flexibility index (Phi) is 7.96. The smallest absolute Gasteiger partial charge is 0.241 e. The highest BCUT2D eigenvalue weighted by atomic mass is 35.5. The van der Waals surface area contributed by atoms with Crippen LogP contribution in [0.3, 0.4) is 0 Å². The Hall–Kier alpha value is -2.90. The fourth-order valence-electron chi connectivity index (χ4n) is 4.08. The average Bonchev–Trinajstić information content (AvgIpc) is 3.31. The van der Waals surface area contributed by atoms with Crippen molar-refractivity contribution in [2.24, 2.45) is 5.92 Å². The van der Waals surface area contributed by atoms with Crippen molar-refractivity contribution in [3.05, 3.63) is 65.0 Å². The Morgan fingerprint density at radius 1 is 1.21 bits per heavy atom. The Balaban J connectivity index is 1.21. The molecule has 0 radical (unpaired) electrons. The zero-order chi connectivity index (χ0) is 23.0. The lowest BCUT2D eigenvalue weighted by Gasteiger charge is -2.30. The fourth-order valence-corrected chi connectivity index (χ4v) is 4.21. The van der Waals surface area contributed by atoms with Gasteiger partial charge in [0.2, 0.25) is 17.6 Å². The van der Waals surface area contributed by atoms with Gasteiger partial charge in [-0.25, -0.2) is 0 Å². The number of piperidine rings is 1. The number of hydrogen-bond acceptors (Lipinski definition) is 6. The molecule has 8 heteroatoms. The SMILES string of the molecule is COc1ccc(CCCNC(=O)C2CCCN(Cc3nc(-c4ccc(Cl)cc4)no3)C2)cc1. The highest BCUT2D eigenvalue weighted by Gasteiger charge is 2.26. The first-order valence-electron chi connectivity index (χ1n) is 11.3. The van der Waals surface area contributed by atoms with Gasteiger partial charge in [0.15, 0.2) is 0 Å². The van der Waals surface area contributed by atoms with Crippen molar-refractivity contribution < 1.29 is 14.1 Å². The molecule has 1 aromatic heterocycles. The quantitative estimate of drug-likeness (QED) is 0.470. The third-order valence-corrected chi connectivity index (χ3v) is 6.16. The van der Waals surface area contributed by atoms with E-state index in [0.29, 0.717) is 36.4 Å². The van der Waals surface area contributed by atoms with Gasteiger partial charge in [-0.05, 0) is 74.2 Å². The van der Waals surface area contributed by atoms with Crippen molar-refractivity contribution in [2.45, 2.75) is 32.2 Å². The summed E-state index contributed by atoms with van der Waals surface area (Å²) < 4.78 is 10.6. The van der Waals surface area contributed by atoms with E-state index in [0.717, 1.165) is 43.5 Å². The van der Waals surface area contributed by atoms with Gasteiger partial charge in [0.25, 0.3) is 0 Å². The maximum Gasteiger partial charge on any atom is 0.241 e. The van der Waals surface area contributed by atoms with Gasteiger partial charge in [-0.3, -0.25) is 9.69 Å². The lowest BCUT2D eigenvalue weighted by atomic mass is 9.97. The number of ether oxygens (including phenoxy) is 1. The Bertz CT molecular complexity index is 1040. The molecule has 1 saturated heterocycles. The van der Waals surface area contributed by atoms with E-state index in [1.807, 2.05) is 24.3 Å². The summed E-state index contributed by atoms with van der Waals surface area (Å²) in [5, 5.41) is 7.85. The number of aromatic nitrogens is 2. The van der Waals surface area contributed by atoms with Crippen LogP contribution in [0.1, 0.15) is 30.7 Å². The van der Waals surface area contributed by atoms with Crippen LogP contribution in [-0.2, 0) is 17.8 Å². The summed E-state index contributed by atoms with van der Waals surface area (Å²) in [6.07, 6.45) is 3.71. The predicted octanol–water partition coefficient (Wildman–Crippen LogP) is 4.36. The molecule has 0 aliphatic carbocycles. The van der Waals surface area contributed by atoms with Crippen LogP contribution in [-0.4, -0.2) is 47.7 Å². The molecule has 1 aliphatic heterocycles. The van der Waals surface area contributed by atoms with Gasteiger partial charge in [0.05, 0.1) is 19.6 Å². The summed E-state index contributed by atoms with van der Waals surface area (Å²) in [7, 11) is 1.66. The van der Waals surface area contributed by atoms with E-state index in [-0.39, 0.29) is 11.8 Å². The Morgan fingerprint density at radius 3 is 2.76 bits per heavy atom. The van der Waals surface area contributed by atoms with E-state index >= 15 is 0 Å². The van der Waals surface area contributed by atoms with E-state index in [9.17, 15) is 4.79 Å². The van der Waals surface area contributed by atoms with E-state index in [2.05, 4.69) is 32.5 Å². The zero-order valence-electron chi connectivity index (χ0n) is 18.8. The van der Waals surface area contributed by atoms with Gasteiger partial charge >= 0.3 is 0 Å². The van der Waals surface area contributed by atoms with E-state index < -0.39 is 0 Å². The molecule has 1 atom stereocenters. The number of halogens is 1. The second-order valence-corrected chi connectivity index (χ2v) is 8.77. The first-order chi connectivity index (χ1) is 16.1. The molecule has 1 unspecified atom stereocenters. The van der Waals surface area contributed by atoms with Crippen LogP contribution in [0.4, 0.5) is 0 Å². The van der Waals surface area contributed by atoms with Crippen LogP contribution in [0.5, 0.6) is 5.75 Å². The van der Waals surface area contributed by atoms with Crippen LogP contribution in [0.2, 0.25) is 5.02 Å². The summed E-state index contributed by atoms with van der Waals surface area (Å²) in [6.45, 7) is 2.83. The summed E-state index contributed by atoms with van der Waals surface area (Å²) in [6, 6.07) is 15.4. The van der Waals surface area contributed by atoms with Crippen molar-refractivity contribution in [1.82, 2.24) is 20.4 Å². The molecule has 1 amide bonds. The molecule has 0 saturated carbocycles. The molecule has 1 aliphatic rings. The first-order valence-corrected chi connectivity index (χ1v) is 11.7. The second kappa shape index (κ2) is 11.3. The topological polar surface area (TPSA) is 80.5 Å². The fraction of sp³-hybridized carbons (Fsp3) is 0.400. The number of nitrogens with zero attached hydrogens (tertiary/aromatic N) is 3. The second-order valence-electron chi connectivity index (χ2n) is 8.34. The van der Waals surface area contributed by atoms with E-state index in [1.54, 1.807) is 19.2 Å². The summed E-state index contributed by atoms with van der Waals surface area (Å²) in [5.74, 6) is 2.07. The van der Waals surface area contributed by atoms with Crippen molar-refractivity contribution in [2.75, 3.05) is 26.7 Å². The van der Waals surface area contributed by atoms with E-state index in [1.165, 1.54) is 5.56 Å². The van der Waals surface area contributed by atoms with Crippen molar-refractivity contribution >= 4 is 17.5 Å². The summed E-state index contributed by atoms with van der Waals surface area (Å²) >= 11 is 5.94. The zero-order valence-corrected chi connectivity index (χ0v) is 19.6. The number of carbonyl (C=O) groups is 1. The number of likely N-dealkylation sites (tertiary alicyclic amines) is 1. The molecule has 2 heterocycles. The molecule has 7 nitrogen and oxygen atoms in total. The lowest BCUT2D eigenvalue weighted by Crippen LogP contribution is -2.43. The highest BCUT2D eigenvalue weighted by Crippen LogP contribution is 2.21. The van der Waals surface area contributed by atoms with Gasteiger partial charge < -0.3 is 14.6 Å². The molecule has 1 fully saturated rings. The number of carbonyl (C=O) groups excluding carboxylic acids is 1. The maximum absolute atomic E-state index is 12.7. The van der Waals surface area contributed by atoms with Crippen LogP contribution in [0, 0.1) is 5.92 Å². The van der Waals surface area contributed by atoms with Crippen LogP contribution >= 0.6 is 11.6 Å². The average molecular weight is 469 g/mol. The number of aryl methyl sites for hydroxylation is 1. The van der Waals surface area contributed by atoms with Crippen molar-refractivity contribution in [3.63, 3.8) is 0 Å². The van der Waals surface area contributed by atoms with Crippen LogP contribution < -0.4 is 10.1 Å². The standard InChI is InChI=1S/C25H29ClN4O3/c1-32-22-12-6-18(7-13-22)4-2-14-27-25(31)20-5-3-15-30(16-20)17-23-28-24(29-33-23)19-8-10-21(26)11-9-19/h6-13,20H,2-5,14-17H2,1H3,(H,27,31). The van der Waals surface area contributed by atoms with Crippen LogP contribution in [0.25, 0.3) is 11.4 Å². The van der Waals surface area contributed by atoms with Gasteiger partial charge in [0, 0.05) is 23.7 Å². The number of benzene rings is 2. The summed E-state index contributed by atoms with van der Waals surface area (Å²) in [4.78, 5) is 19.4. The monoisotopic (exact) mass is 468 g/mol. The van der Waals surface area contributed by atoms with Gasteiger partial charge in [0.1, 0.15) is 5.75 Å². The number of rotatable bonds is 9. The minimum atomic E-state index is -0.0154. The third-order valence-electron chi connectivity index (χ3n) is 5.91. The molecule has 3 aromatic rings. The number of nitrogens with one attached hydrogen (secondary N) is 1. The molecule has 33 heavy (non-hydrogen) atoms. The normalized spacial score (nSPS) is 16.5. The Labute approximate surface area is 199 Å². The maximum atomic E-state index is 12.7. The molecule has 1 N–H and O–H groups in total. The van der Waals surface area contributed by atoms with Crippen molar-refractivity contribution in [3.8, 4) is 17.1 Å². The molecule has 2 aromatic carbocycles. The minimum Gasteiger partial charge on any atom is -0.497 e. The molecular weight excluding hydrogens is 440 g/mol. The van der Waals surface area contributed by atoms with Crippen molar-refractivity contribution in [1.29, 1.82) is 0 Å². The summed E-state index contributed by atoms with van der Waals surface area (Å²) in [5.41, 5.74) is 2.10.